The molecule has 1 saturated heterocycles. The first-order valence-electron chi connectivity index (χ1n) is 5.71. The molecule has 1 rings (SSSR count). The van der Waals surface area contributed by atoms with E-state index < -0.39 is 5.97 Å². The first-order chi connectivity index (χ1) is 7.25. The van der Waals surface area contributed by atoms with Crippen molar-refractivity contribution in [2.24, 2.45) is 0 Å². The van der Waals surface area contributed by atoms with Crippen LogP contribution in [0.1, 0.15) is 32.1 Å². The number of ether oxygens (including phenoxy) is 1. The van der Waals surface area contributed by atoms with Crippen molar-refractivity contribution in [2.75, 3.05) is 26.8 Å². The fourth-order valence-electron chi connectivity index (χ4n) is 2.11. The van der Waals surface area contributed by atoms with Gasteiger partial charge in [-0.3, -0.25) is 9.69 Å². The predicted molar refractivity (Wildman–Crippen MR) is 65.2 cm³/mol. The Labute approximate surface area is 103 Å². The van der Waals surface area contributed by atoms with E-state index in [1.165, 1.54) is 0 Å². The summed E-state index contributed by atoms with van der Waals surface area (Å²) in [4.78, 5) is 13.0. The van der Waals surface area contributed by atoms with E-state index in [1.54, 1.807) is 7.11 Å². The number of methoxy groups -OCH3 is 1. The van der Waals surface area contributed by atoms with Crippen molar-refractivity contribution in [3.05, 3.63) is 0 Å². The molecule has 0 aromatic heterocycles. The van der Waals surface area contributed by atoms with Gasteiger partial charge in [-0.2, -0.15) is 0 Å². The zero-order valence-electron chi connectivity index (χ0n) is 9.85. The molecule has 16 heavy (non-hydrogen) atoms. The number of halogens is 1. The molecular weight excluding hydrogens is 230 g/mol. The fraction of sp³-hybridized carbons (Fsp3) is 0.909. The van der Waals surface area contributed by atoms with E-state index >= 15 is 0 Å². The van der Waals surface area contributed by atoms with Crippen molar-refractivity contribution in [3.63, 3.8) is 0 Å². The van der Waals surface area contributed by atoms with Gasteiger partial charge in [0.2, 0.25) is 0 Å². The molecule has 1 aliphatic heterocycles. The summed E-state index contributed by atoms with van der Waals surface area (Å²) in [5.74, 6) is -0.663. The van der Waals surface area contributed by atoms with Gasteiger partial charge in [-0.1, -0.05) is 0 Å². The zero-order chi connectivity index (χ0) is 11.1. The molecule has 1 aliphatic rings. The molecular formula is C11H22ClNO3. The Morgan fingerprint density at radius 2 is 2.19 bits per heavy atom. The quantitative estimate of drug-likeness (QED) is 0.701. The highest BCUT2D eigenvalue weighted by molar-refractivity contribution is 5.85. The highest BCUT2D eigenvalue weighted by Crippen LogP contribution is 2.17. The molecule has 0 bridgehead atoms. The monoisotopic (exact) mass is 251 g/mol. The van der Waals surface area contributed by atoms with Crippen LogP contribution in [0, 0.1) is 0 Å². The minimum atomic E-state index is -0.663. The lowest BCUT2D eigenvalue weighted by molar-refractivity contribution is -0.142. The van der Waals surface area contributed by atoms with Crippen molar-refractivity contribution >= 4 is 18.4 Å². The van der Waals surface area contributed by atoms with Gasteiger partial charge in [-0.25, -0.2) is 0 Å². The van der Waals surface area contributed by atoms with Crippen LogP contribution in [-0.2, 0) is 9.53 Å². The molecule has 1 heterocycles. The van der Waals surface area contributed by atoms with Crippen LogP contribution in [0.25, 0.3) is 0 Å². The SMILES string of the molecule is COCCCCCN1CCCC1C(=O)O.Cl. The maximum atomic E-state index is 10.9. The Bertz CT molecular complexity index is 202. The number of carboxylic acid groups (broad SMARTS) is 1. The lowest BCUT2D eigenvalue weighted by atomic mass is 10.2. The summed E-state index contributed by atoms with van der Waals surface area (Å²) in [7, 11) is 1.71. The summed E-state index contributed by atoms with van der Waals surface area (Å²) >= 11 is 0. The largest absolute Gasteiger partial charge is 0.480 e. The molecule has 1 N–H and O–H groups in total. The molecule has 0 aliphatic carbocycles. The van der Waals surface area contributed by atoms with Crippen LogP contribution in [0.5, 0.6) is 0 Å². The normalized spacial score (nSPS) is 20.7. The average molecular weight is 252 g/mol. The van der Waals surface area contributed by atoms with E-state index in [9.17, 15) is 4.79 Å². The van der Waals surface area contributed by atoms with E-state index in [0.717, 1.165) is 51.8 Å². The third-order valence-corrected chi connectivity index (χ3v) is 2.94. The fourth-order valence-corrected chi connectivity index (χ4v) is 2.11. The molecule has 1 atom stereocenters. The van der Waals surface area contributed by atoms with Gasteiger partial charge in [0.25, 0.3) is 0 Å². The minimum absolute atomic E-state index is 0. The van der Waals surface area contributed by atoms with Crippen molar-refractivity contribution in [1.82, 2.24) is 4.90 Å². The van der Waals surface area contributed by atoms with E-state index in [4.69, 9.17) is 9.84 Å². The van der Waals surface area contributed by atoms with Gasteiger partial charge in [-0.15, -0.1) is 12.4 Å². The predicted octanol–water partition coefficient (Wildman–Crippen LogP) is 1.77. The Balaban J connectivity index is 0.00000225. The molecule has 0 saturated carbocycles. The van der Waals surface area contributed by atoms with Crippen LogP contribution in [-0.4, -0.2) is 48.8 Å². The van der Waals surface area contributed by atoms with Gasteiger partial charge in [0.15, 0.2) is 0 Å². The summed E-state index contributed by atoms with van der Waals surface area (Å²) in [5.41, 5.74) is 0. The van der Waals surface area contributed by atoms with Gasteiger partial charge in [0.05, 0.1) is 0 Å². The highest BCUT2D eigenvalue weighted by atomic mass is 35.5. The Kier molecular flexibility index (Phi) is 8.61. The summed E-state index contributed by atoms with van der Waals surface area (Å²) in [6.45, 7) is 2.67. The van der Waals surface area contributed by atoms with Crippen molar-refractivity contribution < 1.29 is 14.6 Å². The van der Waals surface area contributed by atoms with Crippen LogP contribution < -0.4 is 0 Å². The Morgan fingerprint density at radius 1 is 1.44 bits per heavy atom. The lowest BCUT2D eigenvalue weighted by Crippen LogP contribution is -2.36. The minimum Gasteiger partial charge on any atom is -0.480 e. The van der Waals surface area contributed by atoms with E-state index in [0.29, 0.717) is 0 Å². The number of rotatable bonds is 7. The summed E-state index contributed by atoms with van der Waals surface area (Å²) in [6.07, 6.45) is 5.11. The Morgan fingerprint density at radius 3 is 2.81 bits per heavy atom. The van der Waals surface area contributed by atoms with Gasteiger partial charge in [-0.05, 0) is 45.2 Å². The molecule has 0 aromatic rings. The second-order valence-electron chi connectivity index (χ2n) is 4.09. The van der Waals surface area contributed by atoms with E-state index in [1.807, 2.05) is 0 Å². The average Bonchev–Trinajstić information content (AvgIpc) is 2.66. The summed E-state index contributed by atoms with van der Waals surface area (Å²) in [5, 5.41) is 8.96. The third kappa shape index (κ3) is 5.14. The lowest BCUT2D eigenvalue weighted by Gasteiger charge is -2.20. The van der Waals surface area contributed by atoms with Crippen LogP contribution in [0.3, 0.4) is 0 Å². The molecule has 0 amide bonds. The molecule has 0 spiro atoms. The van der Waals surface area contributed by atoms with Crippen LogP contribution in [0.15, 0.2) is 0 Å². The number of likely N-dealkylation sites (tertiary alicyclic amines) is 1. The molecule has 4 nitrogen and oxygen atoms in total. The molecule has 1 unspecified atom stereocenters. The standard InChI is InChI=1S/C11H21NO3.ClH/c1-15-9-4-2-3-7-12-8-5-6-10(12)11(13)14;/h10H,2-9H2,1H3,(H,13,14);1H. The molecule has 1 fully saturated rings. The van der Waals surface area contributed by atoms with Gasteiger partial charge in [0, 0.05) is 13.7 Å². The first-order valence-corrected chi connectivity index (χ1v) is 5.71. The van der Waals surface area contributed by atoms with Gasteiger partial charge < -0.3 is 9.84 Å². The van der Waals surface area contributed by atoms with Gasteiger partial charge in [0.1, 0.15) is 6.04 Å². The number of aliphatic carboxylic acids is 1. The smallest absolute Gasteiger partial charge is 0.320 e. The summed E-state index contributed by atoms with van der Waals surface area (Å²) in [6, 6.07) is -0.229. The topological polar surface area (TPSA) is 49.8 Å². The van der Waals surface area contributed by atoms with E-state index in [2.05, 4.69) is 4.90 Å². The van der Waals surface area contributed by atoms with Crippen LogP contribution >= 0.6 is 12.4 Å². The van der Waals surface area contributed by atoms with E-state index in [-0.39, 0.29) is 18.4 Å². The third-order valence-electron chi connectivity index (χ3n) is 2.94. The summed E-state index contributed by atoms with van der Waals surface area (Å²) < 4.78 is 4.97. The van der Waals surface area contributed by atoms with Gasteiger partial charge >= 0.3 is 5.97 Å². The Hall–Kier alpha value is -0.320. The second kappa shape index (κ2) is 8.79. The molecule has 5 heteroatoms. The molecule has 0 radical (unpaired) electrons. The number of hydrogen-bond donors (Lipinski definition) is 1. The second-order valence-corrected chi connectivity index (χ2v) is 4.09. The van der Waals surface area contributed by atoms with Crippen LogP contribution in [0.2, 0.25) is 0 Å². The maximum absolute atomic E-state index is 10.9. The molecule has 96 valence electrons. The number of unbranched alkanes of at least 4 members (excludes halogenated alkanes) is 2. The number of hydrogen-bond acceptors (Lipinski definition) is 3. The highest BCUT2D eigenvalue weighted by Gasteiger charge is 2.29. The van der Waals surface area contributed by atoms with Crippen molar-refractivity contribution in [2.45, 2.75) is 38.1 Å². The first kappa shape index (κ1) is 15.7. The van der Waals surface area contributed by atoms with Crippen LogP contribution in [0.4, 0.5) is 0 Å². The number of carboxylic acids is 1. The number of nitrogens with zero attached hydrogens (tertiary/aromatic N) is 1. The molecule has 0 aromatic carbocycles. The zero-order valence-corrected chi connectivity index (χ0v) is 10.7. The van der Waals surface area contributed by atoms with Crippen molar-refractivity contribution in [1.29, 1.82) is 0 Å². The van der Waals surface area contributed by atoms with Crippen molar-refractivity contribution in [3.8, 4) is 0 Å². The maximum Gasteiger partial charge on any atom is 0.320 e. The number of carbonyl (C=O) groups is 1.